The highest BCUT2D eigenvalue weighted by molar-refractivity contribution is 5.93. The molecule has 6 nitrogen and oxygen atoms in total. The number of terminal acetylenes is 1. The highest BCUT2D eigenvalue weighted by Gasteiger charge is 2.10. The highest BCUT2D eigenvalue weighted by Crippen LogP contribution is 2.18. The number of amides is 1. The Labute approximate surface area is 117 Å². The minimum atomic E-state index is -0.174. The first-order valence-corrected chi connectivity index (χ1v) is 6.11. The van der Waals surface area contributed by atoms with Gasteiger partial charge in [-0.2, -0.15) is 0 Å². The van der Waals surface area contributed by atoms with E-state index in [4.69, 9.17) is 6.42 Å². The summed E-state index contributed by atoms with van der Waals surface area (Å²) in [6.07, 6.45) is 10.3. The van der Waals surface area contributed by atoms with Crippen molar-refractivity contribution in [3.05, 3.63) is 36.5 Å². The van der Waals surface area contributed by atoms with Crippen molar-refractivity contribution in [2.24, 2.45) is 0 Å². The SMILES string of the molecule is C#CCNCC(=O)Nc1cccnc1-n1ccnc1C. The van der Waals surface area contributed by atoms with Crippen molar-refractivity contribution in [1.29, 1.82) is 0 Å². The van der Waals surface area contributed by atoms with Crippen LogP contribution < -0.4 is 10.6 Å². The van der Waals surface area contributed by atoms with Crippen LogP contribution in [0.15, 0.2) is 30.7 Å². The minimum Gasteiger partial charge on any atom is -0.322 e. The van der Waals surface area contributed by atoms with Gasteiger partial charge in [0.1, 0.15) is 5.82 Å². The molecule has 0 saturated heterocycles. The molecule has 0 saturated carbocycles. The summed E-state index contributed by atoms with van der Waals surface area (Å²) in [5.74, 6) is 3.67. The lowest BCUT2D eigenvalue weighted by molar-refractivity contribution is -0.115. The van der Waals surface area contributed by atoms with E-state index in [0.29, 0.717) is 18.1 Å². The van der Waals surface area contributed by atoms with E-state index >= 15 is 0 Å². The smallest absolute Gasteiger partial charge is 0.238 e. The van der Waals surface area contributed by atoms with Gasteiger partial charge in [0, 0.05) is 18.6 Å². The van der Waals surface area contributed by atoms with Crippen LogP contribution in [0.5, 0.6) is 0 Å². The van der Waals surface area contributed by atoms with Crippen LogP contribution in [0.4, 0.5) is 5.69 Å². The lowest BCUT2D eigenvalue weighted by atomic mass is 10.3. The Hall–Kier alpha value is -2.65. The van der Waals surface area contributed by atoms with Crippen LogP contribution in [0.3, 0.4) is 0 Å². The van der Waals surface area contributed by atoms with Gasteiger partial charge in [0.15, 0.2) is 5.82 Å². The van der Waals surface area contributed by atoms with Gasteiger partial charge in [-0.05, 0) is 19.1 Å². The number of pyridine rings is 1. The van der Waals surface area contributed by atoms with Crippen molar-refractivity contribution in [2.45, 2.75) is 6.92 Å². The number of anilines is 1. The second kappa shape index (κ2) is 6.50. The van der Waals surface area contributed by atoms with E-state index in [0.717, 1.165) is 5.82 Å². The molecule has 0 fully saturated rings. The normalized spacial score (nSPS) is 10.0. The number of carbonyl (C=O) groups is 1. The summed E-state index contributed by atoms with van der Waals surface area (Å²) in [4.78, 5) is 20.2. The fourth-order valence-electron chi connectivity index (χ4n) is 1.73. The van der Waals surface area contributed by atoms with Gasteiger partial charge in [-0.25, -0.2) is 9.97 Å². The van der Waals surface area contributed by atoms with Gasteiger partial charge in [0.2, 0.25) is 5.91 Å². The topological polar surface area (TPSA) is 71.8 Å². The monoisotopic (exact) mass is 269 g/mol. The van der Waals surface area contributed by atoms with E-state index < -0.39 is 0 Å². The van der Waals surface area contributed by atoms with Crippen LogP contribution in [-0.4, -0.2) is 33.5 Å². The molecular formula is C14H15N5O. The predicted octanol–water partition coefficient (Wildman–Crippen LogP) is 0.737. The number of nitrogens with zero attached hydrogens (tertiary/aromatic N) is 3. The van der Waals surface area contributed by atoms with Gasteiger partial charge >= 0.3 is 0 Å². The van der Waals surface area contributed by atoms with E-state index in [2.05, 4.69) is 26.5 Å². The highest BCUT2D eigenvalue weighted by atomic mass is 16.1. The van der Waals surface area contributed by atoms with E-state index in [9.17, 15) is 4.79 Å². The van der Waals surface area contributed by atoms with Crippen molar-refractivity contribution >= 4 is 11.6 Å². The molecule has 2 aromatic rings. The third-order valence-electron chi connectivity index (χ3n) is 2.63. The summed E-state index contributed by atoms with van der Waals surface area (Å²) < 4.78 is 1.81. The molecule has 2 heterocycles. The number of aryl methyl sites for hydroxylation is 1. The average Bonchev–Trinajstić information content (AvgIpc) is 2.86. The maximum absolute atomic E-state index is 11.8. The second-order valence-electron chi connectivity index (χ2n) is 4.07. The molecule has 0 aliphatic rings. The molecule has 0 spiro atoms. The Morgan fingerprint density at radius 1 is 1.45 bits per heavy atom. The number of hydrogen-bond donors (Lipinski definition) is 2. The molecule has 0 aromatic carbocycles. The van der Waals surface area contributed by atoms with Crippen LogP contribution >= 0.6 is 0 Å². The maximum atomic E-state index is 11.8. The Morgan fingerprint density at radius 2 is 2.30 bits per heavy atom. The summed E-state index contributed by atoms with van der Waals surface area (Å²) >= 11 is 0. The maximum Gasteiger partial charge on any atom is 0.238 e. The quantitative estimate of drug-likeness (QED) is 0.620. The summed E-state index contributed by atoms with van der Waals surface area (Å²) in [5.41, 5.74) is 0.626. The Bertz CT molecular complexity index is 641. The fraction of sp³-hybridized carbons (Fsp3) is 0.214. The van der Waals surface area contributed by atoms with Crippen LogP contribution in [0.25, 0.3) is 5.82 Å². The zero-order valence-electron chi connectivity index (χ0n) is 11.1. The lowest BCUT2D eigenvalue weighted by Gasteiger charge is -2.11. The Kier molecular flexibility index (Phi) is 4.47. The molecule has 1 amide bonds. The zero-order chi connectivity index (χ0) is 14.4. The Balaban J connectivity index is 2.15. The number of rotatable bonds is 5. The summed E-state index contributed by atoms with van der Waals surface area (Å²) in [6, 6.07) is 3.56. The summed E-state index contributed by atoms with van der Waals surface area (Å²) in [5, 5.41) is 5.64. The first kappa shape index (κ1) is 13.8. The van der Waals surface area contributed by atoms with E-state index in [1.54, 1.807) is 30.7 Å². The molecule has 0 unspecified atom stereocenters. The molecule has 102 valence electrons. The first-order valence-electron chi connectivity index (χ1n) is 6.11. The molecule has 20 heavy (non-hydrogen) atoms. The minimum absolute atomic E-state index is 0.154. The fourth-order valence-corrected chi connectivity index (χ4v) is 1.73. The average molecular weight is 269 g/mol. The van der Waals surface area contributed by atoms with E-state index in [-0.39, 0.29) is 12.5 Å². The lowest BCUT2D eigenvalue weighted by Crippen LogP contribution is -2.28. The van der Waals surface area contributed by atoms with Crippen molar-refractivity contribution in [3.63, 3.8) is 0 Å². The zero-order valence-corrected chi connectivity index (χ0v) is 11.1. The van der Waals surface area contributed by atoms with Gasteiger partial charge in [0.25, 0.3) is 0 Å². The number of hydrogen-bond acceptors (Lipinski definition) is 4. The third-order valence-corrected chi connectivity index (χ3v) is 2.63. The summed E-state index contributed by atoms with van der Waals surface area (Å²) in [7, 11) is 0. The molecule has 6 heteroatoms. The van der Waals surface area contributed by atoms with Crippen LogP contribution in [0.2, 0.25) is 0 Å². The number of aromatic nitrogens is 3. The molecule has 0 aliphatic carbocycles. The second-order valence-corrected chi connectivity index (χ2v) is 4.07. The third kappa shape index (κ3) is 3.22. The van der Waals surface area contributed by atoms with Gasteiger partial charge in [-0.1, -0.05) is 5.92 Å². The summed E-state index contributed by atoms with van der Waals surface area (Å²) in [6.45, 7) is 2.38. The van der Waals surface area contributed by atoms with Gasteiger partial charge < -0.3 is 5.32 Å². The van der Waals surface area contributed by atoms with Gasteiger partial charge in [-0.3, -0.25) is 14.7 Å². The van der Waals surface area contributed by atoms with Crippen molar-refractivity contribution in [2.75, 3.05) is 18.4 Å². The van der Waals surface area contributed by atoms with Crippen molar-refractivity contribution < 1.29 is 4.79 Å². The largest absolute Gasteiger partial charge is 0.322 e. The van der Waals surface area contributed by atoms with E-state index in [1.807, 2.05) is 11.5 Å². The molecule has 2 N–H and O–H groups in total. The number of nitrogens with one attached hydrogen (secondary N) is 2. The molecule has 0 aliphatic heterocycles. The van der Waals surface area contributed by atoms with Crippen LogP contribution in [-0.2, 0) is 4.79 Å². The first-order chi connectivity index (χ1) is 9.72. The van der Waals surface area contributed by atoms with Crippen LogP contribution in [0.1, 0.15) is 5.82 Å². The standard InChI is InChI=1S/C14H15N5O/c1-3-6-15-10-13(20)18-12-5-4-7-17-14(12)19-9-8-16-11(19)2/h1,4-5,7-9,15H,6,10H2,2H3,(H,18,20). The van der Waals surface area contributed by atoms with Gasteiger partial charge in [0.05, 0.1) is 18.8 Å². The predicted molar refractivity (Wildman–Crippen MR) is 76.4 cm³/mol. The molecule has 2 aromatic heterocycles. The van der Waals surface area contributed by atoms with Crippen LogP contribution in [0, 0.1) is 19.3 Å². The molecule has 0 atom stereocenters. The number of carbonyl (C=O) groups excluding carboxylic acids is 1. The Morgan fingerprint density at radius 3 is 3.00 bits per heavy atom. The molecule has 0 radical (unpaired) electrons. The van der Waals surface area contributed by atoms with Crippen molar-refractivity contribution in [3.8, 4) is 18.2 Å². The molecule has 2 rings (SSSR count). The molecular weight excluding hydrogens is 254 g/mol. The molecule has 0 bridgehead atoms. The van der Waals surface area contributed by atoms with E-state index in [1.165, 1.54) is 0 Å². The van der Waals surface area contributed by atoms with Gasteiger partial charge in [-0.15, -0.1) is 6.42 Å². The number of imidazole rings is 1. The van der Waals surface area contributed by atoms with Crippen molar-refractivity contribution in [1.82, 2.24) is 19.9 Å².